The third kappa shape index (κ3) is 6.55. The van der Waals surface area contributed by atoms with E-state index >= 15 is 0 Å². The maximum atomic E-state index is 14.3. The van der Waals surface area contributed by atoms with Gasteiger partial charge in [0.15, 0.2) is 23.8 Å². The molecule has 0 aliphatic carbocycles. The molecule has 41 heavy (non-hydrogen) atoms. The molecule has 4 N–H and O–H groups in total. The van der Waals surface area contributed by atoms with Gasteiger partial charge in [0.25, 0.3) is 5.92 Å². The Balaban J connectivity index is 0.000000334. The van der Waals surface area contributed by atoms with Crippen molar-refractivity contribution in [3.05, 3.63) is 62.4 Å². The molecule has 3 aromatic heterocycles. The topological polar surface area (TPSA) is 158 Å². The minimum Gasteiger partial charge on any atom is -0.479 e. The summed E-state index contributed by atoms with van der Waals surface area (Å²) in [5.74, 6) is -6.82. The van der Waals surface area contributed by atoms with Crippen LogP contribution in [0, 0.1) is 12.7 Å². The Labute approximate surface area is 240 Å². The van der Waals surface area contributed by atoms with Crippen LogP contribution in [0.4, 0.5) is 13.2 Å². The van der Waals surface area contributed by atoms with Crippen molar-refractivity contribution < 1.29 is 47.9 Å². The second-order valence-electron chi connectivity index (χ2n) is 9.62. The van der Waals surface area contributed by atoms with Crippen LogP contribution in [-0.2, 0) is 32.4 Å². The van der Waals surface area contributed by atoms with E-state index in [9.17, 15) is 22.8 Å². The molecule has 3 aromatic rings. The number of thiophene rings is 1. The number of carboxylic acid groups (broad SMARTS) is 2. The fraction of sp³-hybridized carbons (Fsp3) is 0.440. The molecule has 1 spiro atoms. The molecule has 16 heteroatoms. The first-order chi connectivity index (χ1) is 19.2. The largest absolute Gasteiger partial charge is 0.479 e. The standard InChI is InChI=1S/C21H20ClF3N4OS.C4H6O6/c1-13-14(11-29(27-13)19-16(23)3-2-6-26-19)10-28-7-4-20(5-8-28)18-15(9-17(22)31-18)21(24,25)12-30-20;5-1(3(7)8)2(6)4(9)10/h2-3,6,9,11H,4-5,7-8,10,12H2,1H3;1-2,5-6H,(H,7,8)(H,9,10). The van der Waals surface area contributed by atoms with Gasteiger partial charge in [-0.25, -0.2) is 23.6 Å². The summed E-state index contributed by atoms with van der Waals surface area (Å²) < 4.78 is 50.2. The Morgan fingerprint density at radius 2 is 1.83 bits per heavy atom. The van der Waals surface area contributed by atoms with Crippen molar-refractivity contribution in [1.82, 2.24) is 19.7 Å². The summed E-state index contributed by atoms with van der Waals surface area (Å²) >= 11 is 7.27. The molecule has 5 rings (SSSR count). The molecule has 2 atom stereocenters. The van der Waals surface area contributed by atoms with Crippen molar-refractivity contribution in [1.29, 1.82) is 0 Å². The normalized spacial score (nSPS) is 19.1. The molecule has 5 heterocycles. The molecule has 222 valence electrons. The number of nitrogens with zero attached hydrogens (tertiary/aromatic N) is 4. The van der Waals surface area contributed by atoms with Gasteiger partial charge < -0.3 is 25.2 Å². The highest BCUT2D eigenvalue weighted by atomic mass is 35.5. The van der Waals surface area contributed by atoms with Crippen molar-refractivity contribution in [2.75, 3.05) is 19.7 Å². The van der Waals surface area contributed by atoms with E-state index in [1.165, 1.54) is 40.4 Å². The number of fused-ring (bicyclic) bond motifs is 2. The number of carboxylic acids is 2. The van der Waals surface area contributed by atoms with E-state index in [2.05, 4.69) is 15.0 Å². The van der Waals surface area contributed by atoms with Crippen LogP contribution in [0.3, 0.4) is 0 Å². The smallest absolute Gasteiger partial charge is 0.335 e. The molecule has 11 nitrogen and oxygen atoms in total. The molecule has 2 aliphatic rings. The number of hydrogen-bond donors (Lipinski definition) is 4. The zero-order chi connectivity index (χ0) is 30.1. The van der Waals surface area contributed by atoms with Gasteiger partial charge in [-0.1, -0.05) is 11.6 Å². The van der Waals surface area contributed by atoms with Crippen molar-refractivity contribution in [3.63, 3.8) is 0 Å². The second-order valence-corrected chi connectivity index (χ2v) is 11.3. The van der Waals surface area contributed by atoms with Crippen molar-refractivity contribution >= 4 is 34.9 Å². The summed E-state index contributed by atoms with van der Waals surface area (Å²) in [5.41, 5.74) is 1.07. The number of aliphatic carboxylic acids is 2. The van der Waals surface area contributed by atoms with Gasteiger partial charge in [0.2, 0.25) is 0 Å². The van der Waals surface area contributed by atoms with Crippen LogP contribution in [-0.4, -0.2) is 83.9 Å². The maximum absolute atomic E-state index is 14.3. The number of aromatic nitrogens is 3. The summed E-state index contributed by atoms with van der Waals surface area (Å²) in [6.45, 7) is 3.26. The number of carbonyl (C=O) groups is 2. The van der Waals surface area contributed by atoms with E-state index in [4.69, 9.17) is 36.8 Å². The Morgan fingerprint density at radius 1 is 1.20 bits per heavy atom. The van der Waals surface area contributed by atoms with Crippen molar-refractivity contribution in [2.24, 2.45) is 0 Å². The van der Waals surface area contributed by atoms with Gasteiger partial charge in [-0.2, -0.15) is 13.9 Å². The number of hydrogen-bond acceptors (Lipinski definition) is 9. The third-order valence-electron chi connectivity index (χ3n) is 6.86. The predicted molar refractivity (Wildman–Crippen MR) is 139 cm³/mol. The monoisotopic (exact) mass is 618 g/mol. The van der Waals surface area contributed by atoms with E-state index in [0.29, 0.717) is 41.7 Å². The van der Waals surface area contributed by atoms with E-state index in [1.807, 2.05) is 6.92 Å². The number of alkyl halides is 2. The van der Waals surface area contributed by atoms with Gasteiger partial charge in [-0.15, -0.1) is 11.3 Å². The Morgan fingerprint density at radius 3 is 2.41 bits per heavy atom. The van der Waals surface area contributed by atoms with E-state index in [-0.39, 0.29) is 11.4 Å². The summed E-state index contributed by atoms with van der Waals surface area (Å²) in [5, 5.41) is 36.9. The number of rotatable bonds is 6. The number of aryl methyl sites for hydroxylation is 1. The lowest BCUT2D eigenvalue weighted by Gasteiger charge is -2.45. The molecule has 1 saturated heterocycles. The highest BCUT2D eigenvalue weighted by Gasteiger charge is 2.51. The lowest BCUT2D eigenvalue weighted by molar-refractivity contribution is -0.182. The first-order valence-corrected chi connectivity index (χ1v) is 13.5. The number of halogens is 4. The van der Waals surface area contributed by atoms with Gasteiger partial charge in [0, 0.05) is 48.0 Å². The zero-order valence-electron chi connectivity index (χ0n) is 21.5. The van der Waals surface area contributed by atoms with Gasteiger partial charge in [0.1, 0.15) is 12.2 Å². The Bertz CT molecular complexity index is 1410. The van der Waals surface area contributed by atoms with Gasteiger partial charge in [0.05, 0.1) is 10.0 Å². The lowest BCUT2D eigenvalue weighted by atomic mass is 9.84. The Kier molecular flexibility index (Phi) is 9.06. The van der Waals surface area contributed by atoms with Crippen LogP contribution >= 0.6 is 22.9 Å². The zero-order valence-corrected chi connectivity index (χ0v) is 23.1. The molecule has 0 bridgehead atoms. The fourth-order valence-corrected chi connectivity index (χ4v) is 6.08. The first kappa shape index (κ1) is 30.9. The fourth-order valence-electron chi connectivity index (χ4n) is 4.60. The van der Waals surface area contributed by atoms with Crippen LogP contribution < -0.4 is 0 Å². The van der Waals surface area contributed by atoms with Gasteiger partial charge in [-0.05, 0) is 38.0 Å². The number of aliphatic hydroxyl groups excluding tert-OH is 2. The molecule has 0 saturated carbocycles. The number of pyridine rings is 1. The van der Waals surface area contributed by atoms with E-state index in [1.54, 1.807) is 6.20 Å². The number of piperidine rings is 1. The van der Waals surface area contributed by atoms with Crippen LogP contribution in [0.5, 0.6) is 0 Å². The highest BCUT2D eigenvalue weighted by Crippen LogP contribution is 2.52. The minimum atomic E-state index is -3.01. The third-order valence-corrected chi connectivity index (χ3v) is 8.31. The van der Waals surface area contributed by atoms with E-state index in [0.717, 1.165) is 11.3 Å². The maximum Gasteiger partial charge on any atom is 0.335 e. The molecule has 2 aliphatic heterocycles. The van der Waals surface area contributed by atoms with Crippen LogP contribution in [0.2, 0.25) is 4.34 Å². The number of aliphatic hydroxyl groups is 2. The van der Waals surface area contributed by atoms with Crippen molar-refractivity contribution in [3.8, 4) is 5.82 Å². The SMILES string of the molecule is Cc1nn(-c2ncccc2F)cc1CN1CCC2(CC1)OCC(F)(F)c1cc(Cl)sc12.O=C(O)C(O)C(O)C(=O)O. The molecule has 0 radical (unpaired) electrons. The summed E-state index contributed by atoms with van der Waals surface area (Å²) in [7, 11) is 0. The van der Waals surface area contributed by atoms with Gasteiger partial charge >= 0.3 is 11.9 Å². The van der Waals surface area contributed by atoms with Crippen molar-refractivity contribution in [2.45, 2.75) is 50.0 Å². The summed E-state index contributed by atoms with van der Waals surface area (Å²) in [6, 6.07) is 4.27. The number of likely N-dealkylation sites (tertiary alicyclic amines) is 1. The van der Waals surface area contributed by atoms with E-state index < -0.39 is 48.1 Å². The van der Waals surface area contributed by atoms with Crippen LogP contribution in [0.1, 0.15) is 34.5 Å². The molecule has 1 fully saturated rings. The quantitative estimate of drug-likeness (QED) is 0.324. The van der Waals surface area contributed by atoms with Crippen LogP contribution in [0.25, 0.3) is 5.82 Å². The summed E-state index contributed by atoms with van der Waals surface area (Å²) in [4.78, 5) is 26.4. The second kappa shape index (κ2) is 12.0. The van der Waals surface area contributed by atoms with Crippen LogP contribution in [0.15, 0.2) is 30.6 Å². The predicted octanol–water partition coefficient (Wildman–Crippen LogP) is 2.92. The highest BCUT2D eigenvalue weighted by molar-refractivity contribution is 7.16. The summed E-state index contributed by atoms with van der Waals surface area (Å²) in [6.07, 6.45) is -0.00279. The molecular formula is C25H26ClF3N4O7S. The molecule has 0 amide bonds. The van der Waals surface area contributed by atoms with Gasteiger partial charge in [-0.3, -0.25) is 4.90 Å². The Hall–Kier alpha value is -3.08. The molecular weight excluding hydrogens is 593 g/mol. The first-order valence-electron chi connectivity index (χ1n) is 12.3. The molecule has 2 unspecified atom stereocenters. The minimum absolute atomic E-state index is 0.0108. The lowest BCUT2D eigenvalue weighted by Crippen LogP contribution is -2.48. The molecule has 0 aromatic carbocycles. The average Bonchev–Trinajstić information content (AvgIpc) is 3.51. The average molecular weight is 619 g/mol. The number of ether oxygens (including phenoxy) is 1.